The number of thiophene rings is 1. The summed E-state index contributed by atoms with van der Waals surface area (Å²) in [6, 6.07) is 11.3. The van der Waals surface area contributed by atoms with Crippen molar-refractivity contribution in [3.05, 3.63) is 52.2 Å². The zero-order valence-corrected chi connectivity index (χ0v) is 15.0. The molecule has 1 aromatic carbocycles. The largest absolute Gasteiger partial charge is 0.349 e. The molecule has 0 aliphatic carbocycles. The molecule has 0 saturated carbocycles. The highest BCUT2D eigenvalue weighted by Gasteiger charge is 2.24. The van der Waals surface area contributed by atoms with Crippen LogP contribution in [0.2, 0.25) is 0 Å². The van der Waals surface area contributed by atoms with Crippen LogP contribution in [0.15, 0.2) is 46.7 Å². The standard InChI is InChI=1S/C18H20N2O2S2/c21-17(12-14-4-3-11-24-14)20-9-7-13(8-10-20)19-18(22)15-5-1-2-6-16(15)23/h1-6,11,13,23H,7-10,12H2,(H,19,22). The molecule has 0 spiro atoms. The second-order valence-corrected chi connectivity index (χ2v) is 7.42. The van der Waals surface area contributed by atoms with Gasteiger partial charge in [0.15, 0.2) is 0 Å². The molecule has 24 heavy (non-hydrogen) atoms. The number of carbonyl (C=O) groups excluding carboxylic acids is 2. The molecular formula is C18H20N2O2S2. The van der Waals surface area contributed by atoms with Gasteiger partial charge in [-0.3, -0.25) is 9.59 Å². The van der Waals surface area contributed by atoms with Crippen LogP contribution in [0.3, 0.4) is 0 Å². The number of amides is 2. The molecule has 2 heterocycles. The van der Waals surface area contributed by atoms with Crippen molar-refractivity contribution >= 4 is 35.8 Å². The van der Waals surface area contributed by atoms with Crippen molar-refractivity contribution in [1.29, 1.82) is 0 Å². The second kappa shape index (κ2) is 7.85. The molecule has 1 aliphatic rings. The first-order valence-electron chi connectivity index (χ1n) is 8.02. The Bertz CT molecular complexity index is 708. The lowest BCUT2D eigenvalue weighted by molar-refractivity contribution is -0.131. The van der Waals surface area contributed by atoms with E-state index in [-0.39, 0.29) is 17.9 Å². The predicted molar refractivity (Wildman–Crippen MR) is 98.8 cm³/mol. The van der Waals surface area contributed by atoms with E-state index in [1.807, 2.05) is 40.6 Å². The van der Waals surface area contributed by atoms with Gasteiger partial charge in [-0.2, -0.15) is 0 Å². The highest BCUT2D eigenvalue weighted by Crippen LogP contribution is 2.17. The first kappa shape index (κ1) is 17.0. The molecule has 1 aliphatic heterocycles. The summed E-state index contributed by atoms with van der Waals surface area (Å²) in [5.41, 5.74) is 0.594. The van der Waals surface area contributed by atoms with Gasteiger partial charge in [-0.1, -0.05) is 18.2 Å². The zero-order chi connectivity index (χ0) is 16.9. The van der Waals surface area contributed by atoms with Crippen molar-refractivity contribution in [3.8, 4) is 0 Å². The Morgan fingerprint density at radius 1 is 1.17 bits per heavy atom. The molecule has 3 rings (SSSR count). The highest BCUT2D eigenvalue weighted by molar-refractivity contribution is 7.80. The monoisotopic (exact) mass is 360 g/mol. The van der Waals surface area contributed by atoms with E-state index in [1.165, 1.54) is 0 Å². The van der Waals surface area contributed by atoms with Crippen molar-refractivity contribution in [3.63, 3.8) is 0 Å². The molecular weight excluding hydrogens is 340 g/mol. The number of piperidine rings is 1. The van der Waals surface area contributed by atoms with Crippen molar-refractivity contribution in [2.75, 3.05) is 13.1 Å². The average molecular weight is 361 g/mol. The van der Waals surface area contributed by atoms with Gasteiger partial charge in [-0.05, 0) is 36.4 Å². The first-order chi connectivity index (χ1) is 11.6. The Morgan fingerprint density at radius 3 is 2.58 bits per heavy atom. The summed E-state index contributed by atoms with van der Waals surface area (Å²) in [6.45, 7) is 1.38. The summed E-state index contributed by atoms with van der Waals surface area (Å²) < 4.78 is 0. The zero-order valence-electron chi connectivity index (χ0n) is 13.3. The van der Waals surface area contributed by atoms with Crippen LogP contribution in [0.5, 0.6) is 0 Å². The Kier molecular flexibility index (Phi) is 5.58. The van der Waals surface area contributed by atoms with Gasteiger partial charge in [0.1, 0.15) is 0 Å². The van der Waals surface area contributed by atoms with Crippen LogP contribution in [0, 0.1) is 0 Å². The van der Waals surface area contributed by atoms with Crippen LogP contribution in [0.25, 0.3) is 0 Å². The first-order valence-corrected chi connectivity index (χ1v) is 9.35. The minimum absolute atomic E-state index is 0.0936. The Hall–Kier alpha value is -1.79. The van der Waals surface area contributed by atoms with Gasteiger partial charge >= 0.3 is 0 Å². The molecule has 6 heteroatoms. The van der Waals surface area contributed by atoms with Crippen molar-refractivity contribution in [2.24, 2.45) is 0 Å². The van der Waals surface area contributed by atoms with E-state index >= 15 is 0 Å². The van der Waals surface area contributed by atoms with Crippen molar-refractivity contribution < 1.29 is 9.59 Å². The Labute approximate surface area is 151 Å². The van der Waals surface area contributed by atoms with Crippen molar-refractivity contribution in [1.82, 2.24) is 10.2 Å². The van der Waals surface area contributed by atoms with Crippen molar-refractivity contribution in [2.45, 2.75) is 30.2 Å². The van der Waals surface area contributed by atoms with E-state index < -0.39 is 0 Å². The normalized spacial score (nSPS) is 15.3. The molecule has 126 valence electrons. The molecule has 4 nitrogen and oxygen atoms in total. The van der Waals surface area contributed by atoms with E-state index in [1.54, 1.807) is 17.4 Å². The predicted octanol–water partition coefficient (Wildman–Crippen LogP) is 3.00. The topological polar surface area (TPSA) is 49.4 Å². The van der Waals surface area contributed by atoms with Crippen LogP contribution in [0.1, 0.15) is 28.1 Å². The van der Waals surface area contributed by atoms with E-state index in [9.17, 15) is 9.59 Å². The molecule has 0 unspecified atom stereocenters. The van der Waals surface area contributed by atoms with Gasteiger partial charge in [0.25, 0.3) is 5.91 Å². The highest BCUT2D eigenvalue weighted by atomic mass is 32.1. The number of thiol groups is 1. The summed E-state index contributed by atoms with van der Waals surface area (Å²) in [5, 5.41) is 5.05. The van der Waals surface area contributed by atoms with Crippen LogP contribution in [-0.4, -0.2) is 35.8 Å². The van der Waals surface area contributed by atoms with Gasteiger partial charge in [-0.25, -0.2) is 0 Å². The van der Waals surface area contributed by atoms with E-state index in [0.717, 1.165) is 17.7 Å². The summed E-state index contributed by atoms with van der Waals surface area (Å²) in [4.78, 5) is 28.3. The molecule has 1 aromatic heterocycles. The maximum absolute atomic E-state index is 12.3. The maximum atomic E-state index is 12.3. The smallest absolute Gasteiger partial charge is 0.252 e. The number of hydrogen-bond acceptors (Lipinski definition) is 4. The number of benzene rings is 1. The molecule has 0 bridgehead atoms. The lowest BCUT2D eigenvalue weighted by Gasteiger charge is -2.32. The number of nitrogens with one attached hydrogen (secondary N) is 1. The summed E-state index contributed by atoms with van der Waals surface area (Å²) in [5.74, 6) is 0.0758. The lowest BCUT2D eigenvalue weighted by atomic mass is 10.0. The number of rotatable bonds is 4. The maximum Gasteiger partial charge on any atom is 0.252 e. The van der Waals surface area contributed by atoms with Crippen LogP contribution in [0.4, 0.5) is 0 Å². The van der Waals surface area contributed by atoms with Gasteiger partial charge in [-0.15, -0.1) is 24.0 Å². The Morgan fingerprint density at radius 2 is 1.92 bits per heavy atom. The Balaban J connectivity index is 1.49. The molecule has 0 atom stereocenters. The quantitative estimate of drug-likeness (QED) is 0.824. The molecule has 1 saturated heterocycles. The fraction of sp³-hybridized carbons (Fsp3) is 0.333. The van der Waals surface area contributed by atoms with Gasteiger partial charge in [0.2, 0.25) is 5.91 Å². The molecule has 0 radical (unpaired) electrons. The molecule has 2 amide bonds. The summed E-state index contributed by atoms with van der Waals surface area (Å²) in [6.07, 6.45) is 2.05. The summed E-state index contributed by atoms with van der Waals surface area (Å²) >= 11 is 5.94. The van der Waals surface area contributed by atoms with Gasteiger partial charge < -0.3 is 10.2 Å². The number of likely N-dealkylation sites (tertiary alicyclic amines) is 1. The fourth-order valence-electron chi connectivity index (χ4n) is 2.88. The third kappa shape index (κ3) is 4.19. The van der Waals surface area contributed by atoms with E-state index in [4.69, 9.17) is 0 Å². The number of carbonyl (C=O) groups is 2. The molecule has 2 aromatic rings. The van der Waals surface area contributed by atoms with Crippen LogP contribution in [-0.2, 0) is 11.2 Å². The SMILES string of the molecule is O=C(NC1CCN(C(=O)Cc2cccs2)CC1)c1ccccc1S. The minimum Gasteiger partial charge on any atom is -0.349 e. The average Bonchev–Trinajstić information content (AvgIpc) is 3.08. The summed E-state index contributed by atoms with van der Waals surface area (Å²) in [7, 11) is 0. The lowest BCUT2D eigenvalue weighted by Crippen LogP contribution is -2.47. The van der Waals surface area contributed by atoms with Gasteiger partial charge in [0.05, 0.1) is 12.0 Å². The second-order valence-electron chi connectivity index (χ2n) is 5.90. The van der Waals surface area contributed by atoms with E-state index in [2.05, 4.69) is 17.9 Å². The molecule has 1 fully saturated rings. The third-order valence-corrected chi connectivity index (χ3v) is 5.50. The van der Waals surface area contributed by atoms with Crippen LogP contribution < -0.4 is 5.32 Å². The minimum atomic E-state index is -0.0936. The molecule has 1 N–H and O–H groups in total. The van der Waals surface area contributed by atoms with Crippen LogP contribution >= 0.6 is 24.0 Å². The third-order valence-electron chi connectivity index (χ3n) is 4.24. The number of hydrogen-bond donors (Lipinski definition) is 2. The van der Waals surface area contributed by atoms with Gasteiger partial charge in [0, 0.05) is 28.9 Å². The van der Waals surface area contributed by atoms with E-state index in [0.29, 0.717) is 30.0 Å². The number of nitrogens with zero attached hydrogens (tertiary/aromatic N) is 1. The fourth-order valence-corrected chi connectivity index (χ4v) is 3.83.